The highest BCUT2D eigenvalue weighted by Gasteiger charge is 2.15. The van der Waals surface area contributed by atoms with Gasteiger partial charge in [-0.25, -0.2) is 0 Å². The van der Waals surface area contributed by atoms with E-state index in [1.807, 2.05) is 37.3 Å². The fraction of sp³-hybridized carbons (Fsp3) is 0.118. The quantitative estimate of drug-likeness (QED) is 0.788. The van der Waals surface area contributed by atoms with Crippen molar-refractivity contribution >= 4 is 23.2 Å². The fourth-order valence-electron chi connectivity index (χ4n) is 2.17. The number of halogens is 1. The first-order valence-corrected chi connectivity index (χ1v) is 7.59. The molecule has 1 heterocycles. The Morgan fingerprint density at radius 3 is 2.71 bits per heavy atom. The molecule has 0 spiro atoms. The van der Waals surface area contributed by atoms with Crippen LogP contribution < -0.4 is 10.1 Å². The first-order valence-electron chi connectivity index (χ1n) is 7.21. The van der Waals surface area contributed by atoms with Crippen LogP contribution in [0.5, 0.6) is 5.75 Å². The topological polar surface area (TPSA) is 69.0 Å². The molecule has 0 bridgehead atoms. The standard InChI is InChI=1S/C17H15ClN4O2/c1-11-8-14(16(24-2)9-13(11)18)20-17(23)15-10-19-22(21-15)12-6-4-3-5-7-12/h3-10H,1-2H3,(H,20,23). The number of amides is 1. The van der Waals surface area contributed by atoms with Crippen LogP contribution in [0.3, 0.4) is 0 Å². The molecule has 0 saturated heterocycles. The van der Waals surface area contributed by atoms with Gasteiger partial charge in [-0.15, -0.1) is 5.10 Å². The van der Waals surface area contributed by atoms with E-state index in [4.69, 9.17) is 16.3 Å². The first-order chi connectivity index (χ1) is 11.6. The Bertz CT molecular complexity index is 878. The largest absolute Gasteiger partial charge is 0.495 e. The summed E-state index contributed by atoms with van der Waals surface area (Å²) >= 11 is 6.07. The van der Waals surface area contributed by atoms with E-state index in [1.54, 1.807) is 12.1 Å². The van der Waals surface area contributed by atoms with Crippen LogP contribution in [0.25, 0.3) is 5.69 Å². The Hall–Kier alpha value is -2.86. The molecule has 3 rings (SSSR count). The summed E-state index contributed by atoms with van der Waals surface area (Å²) in [6.07, 6.45) is 1.41. The van der Waals surface area contributed by atoms with E-state index >= 15 is 0 Å². The van der Waals surface area contributed by atoms with Crippen LogP contribution in [-0.2, 0) is 0 Å². The summed E-state index contributed by atoms with van der Waals surface area (Å²) in [5, 5.41) is 11.7. The molecule has 1 amide bonds. The van der Waals surface area contributed by atoms with E-state index in [-0.39, 0.29) is 11.6 Å². The molecule has 0 aliphatic heterocycles. The summed E-state index contributed by atoms with van der Waals surface area (Å²) in [4.78, 5) is 13.8. The SMILES string of the molecule is COc1cc(Cl)c(C)cc1NC(=O)c1cnn(-c2ccccc2)n1. The highest BCUT2D eigenvalue weighted by Crippen LogP contribution is 2.31. The molecule has 0 atom stereocenters. The summed E-state index contributed by atoms with van der Waals surface area (Å²) in [5.74, 6) is 0.103. The second-order valence-electron chi connectivity index (χ2n) is 5.11. The molecule has 0 saturated carbocycles. The Morgan fingerprint density at radius 1 is 1.25 bits per heavy atom. The summed E-state index contributed by atoms with van der Waals surface area (Å²) in [6, 6.07) is 12.8. The predicted octanol–water partition coefficient (Wildman–Crippen LogP) is 3.49. The van der Waals surface area contributed by atoms with Gasteiger partial charge in [0.15, 0.2) is 5.69 Å². The minimum atomic E-state index is -0.378. The van der Waals surface area contributed by atoms with Crippen molar-refractivity contribution in [3.05, 3.63) is 64.9 Å². The Labute approximate surface area is 144 Å². The molecule has 3 aromatic rings. The third-order valence-electron chi connectivity index (χ3n) is 3.44. The van der Waals surface area contributed by atoms with Gasteiger partial charge in [0.25, 0.3) is 5.91 Å². The number of aryl methyl sites for hydroxylation is 1. The zero-order valence-corrected chi connectivity index (χ0v) is 13.9. The number of methoxy groups -OCH3 is 1. The second kappa shape index (κ2) is 6.72. The Balaban J connectivity index is 1.84. The number of hydrogen-bond donors (Lipinski definition) is 1. The molecule has 0 aliphatic rings. The number of ether oxygens (including phenoxy) is 1. The number of carbonyl (C=O) groups excluding carboxylic acids is 1. The van der Waals surface area contributed by atoms with E-state index in [2.05, 4.69) is 15.5 Å². The lowest BCUT2D eigenvalue weighted by atomic mass is 10.2. The van der Waals surface area contributed by atoms with Gasteiger partial charge in [0.05, 0.1) is 24.7 Å². The molecule has 0 fully saturated rings. The van der Waals surface area contributed by atoms with E-state index in [0.29, 0.717) is 16.5 Å². The maximum absolute atomic E-state index is 12.4. The van der Waals surface area contributed by atoms with Gasteiger partial charge >= 0.3 is 0 Å². The summed E-state index contributed by atoms with van der Waals surface area (Å²) in [5.41, 5.74) is 2.34. The first kappa shape index (κ1) is 16.0. The third kappa shape index (κ3) is 3.23. The van der Waals surface area contributed by atoms with Gasteiger partial charge in [-0.3, -0.25) is 4.79 Å². The van der Waals surface area contributed by atoms with Crippen LogP contribution in [0.4, 0.5) is 5.69 Å². The van der Waals surface area contributed by atoms with Crippen LogP contribution in [0.15, 0.2) is 48.7 Å². The second-order valence-corrected chi connectivity index (χ2v) is 5.52. The van der Waals surface area contributed by atoms with Crippen molar-refractivity contribution < 1.29 is 9.53 Å². The number of anilines is 1. The van der Waals surface area contributed by atoms with Gasteiger partial charge in [-0.1, -0.05) is 29.8 Å². The highest BCUT2D eigenvalue weighted by molar-refractivity contribution is 6.31. The molecule has 6 nitrogen and oxygen atoms in total. The molecule has 0 radical (unpaired) electrons. The molecule has 1 aromatic heterocycles. The molecule has 0 aliphatic carbocycles. The molecular formula is C17H15ClN4O2. The average Bonchev–Trinajstić information content (AvgIpc) is 3.09. The van der Waals surface area contributed by atoms with Crippen molar-refractivity contribution in [3.63, 3.8) is 0 Å². The lowest BCUT2D eigenvalue weighted by Gasteiger charge is -2.11. The number of nitrogens with one attached hydrogen (secondary N) is 1. The van der Waals surface area contributed by atoms with Crippen LogP contribution in [0.2, 0.25) is 5.02 Å². The van der Waals surface area contributed by atoms with Gasteiger partial charge in [0, 0.05) is 11.1 Å². The van der Waals surface area contributed by atoms with E-state index in [1.165, 1.54) is 18.1 Å². The number of hydrogen-bond acceptors (Lipinski definition) is 4. The lowest BCUT2D eigenvalue weighted by Crippen LogP contribution is -2.14. The zero-order chi connectivity index (χ0) is 17.1. The number of nitrogens with zero attached hydrogens (tertiary/aromatic N) is 3. The predicted molar refractivity (Wildman–Crippen MR) is 92.1 cm³/mol. The van der Waals surface area contributed by atoms with Crippen LogP contribution in [-0.4, -0.2) is 28.0 Å². The van der Waals surface area contributed by atoms with Gasteiger partial charge in [0.2, 0.25) is 0 Å². The van der Waals surface area contributed by atoms with E-state index in [9.17, 15) is 4.79 Å². The molecule has 24 heavy (non-hydrogen) atoms. The van der Waals surface area contributed by atoms with Crippen molar-refractivity contribution in [2.45, 2.75) is 6.92 Å². The average molecular weight is 343 g/mol. The number of para-hydroxylation sites is 1. The van der Waals surface area contributed by atoms with Crippen molar-refractivity contribution in [3.8, 4) is 11.4 Å². The minimum Gasteiger partial charge on any atom is -0.495 e. The Kier molecular flexibility index (Phi) is 4.48. The van der Waals surface area contributed by atoms with Gasteiger partial charge in [-0.05, 0) is 30.7 Å². The number of rotatable bonds is 4. The van der Waals surface area contributed by atoms with Crippen molar-refractivity contribution in [2.24, 2.45) is 0 Å². The summed E-state index contributed by atoms with van der Waals surface area (Å²) < 4.78 is 5.25. The minimum absolute atomic E-state index is 0.202. The summed E-state index contributed by atoms with van der Waals surface area (Å²) in [7, 11) is 1.52. The maximum atomic E-state index is 12.4. The van der Waals surface area contributed by atoms with Gasteiger partial charge in [0.1, 0.15) is 5.75 Å². The third-order valence-corrected chi connectivity index (χ3v) is 3.85. The molecular weight excluding hydrogens is 328 g/mol. The number of aromatic nitrogens is 3. The summed E-state index contributed by atoms with van der Waals surface area (Å²) in [6.45, 7) is 1.85. The van der Waals surface area contributed by atoms with Gasteiger partial charge in [-0.2, -0.15) is 9.90 Å². The van der Waals surface area contributed by atoms with Crippen molar-refractivity contribution in [1.29, 1.82) is 0 Å². The molecule has 1 N–H and O–H groups in total. The smallest absolute Gasteiger partial charge is 0.277 e. The molecule has 7 heteroatoms. The molecule has 122 valence electrons. The fourth-order valence-corrected chi connectivity index (χ4v) is 2.32. The van der Waals surface area contributed by atoms with E-state index in [0.717, 1.165) is 11.3 Å². The van der Waals surface area contributed by atoms with Gasteiger partial charge < -0.3 is 10.1 Å². The van der Waals surface area contributed by atoms with Crippen LogP contribution in [0.1, 0.15) is 16.1 Å². The highest BCUT2D eigenvalue weighted by atomic mass is 35.5. The normalized spacial score (nSPS) is 10.5. The maximum Gasteiger partial charge on any atom is 0.277 e. The lowest BCUT2D eigenvalue weighted by molar-refractivity contribution is 0.102. The molecule has 0 unspecified atom stereocenters. The van der Waals surface area contributed by atoms with Crippen molar-refractivity contribution in [1.82, 2.24) is 15.0 Å². The zero-order valence-electron chi connectivity index (χ0n) is 13.2. The Morgan fingerprint density at radius 2 is 2.00 bits per heavy atom. The number of benzene rings is 2. The molecule has 2 aromatic carbocycles. The van der Waals surface area contributed by atoms with Crippen LogP contribution >= 0.6 is 11.6 Å². The number of carbonyl (C=O) groups is 1. The van der Waals surface area contributed by atoms with Crippen LogP contribution in [0, 0.1) is 6.92 Å². The monoisotopic (exact) mass is 342 g/mol. The van der Waals surface area contributed by atoms with E-state index < -0.39 is 0 Å². The van der Waals surface area contributed by atoms with Crippen molar-refractivity contribution in [2.75, 3.05) is 12.4 Å².